The lowest BCUT2D eigenvalue weighted by molar-refractivity contribution is -0.122. The Morgan fingerprint density at radius 2 is 2.04 bits per heavy atom. The highest BCUT2D eigenvalue weighted by molar-refractivity contribution is 6.30. The standard InChI is InChI=1S/C15H15ClN6O3.CH2O2/c1-22-15(24-2)19-13(20-22)14(23)17-8-7-11-18-12(21-25-11)9-3-5-10(16)6-4-9;2-1-3/h3-6H,7-8H2,1-2H3,(H,17,23);1H,(H,2,3). The van der Waals surface area contributed by atoms with Crippen molar-refractivity contribution in [2.24, 2.45) is 7.05 Å². The highest BCUT2D eigenvalue weighted by Gasteiger charge is 2.15. The second kappa shape index (κ2) is 10.0. The third kappa shape index (κ3) is 5.51. The van der Waals surface area contributed by atoms with E-state index in [1.807, 2.05) is 0 Å². The first-order chi connectivity index (χ1) is 13.5. The number of aryl methyl sites for hydroxylation is 1. The van der Waals surface area contributed by atoms with Gasteiger partial charge in [-0.25, -0.2) is 4.68 Å². The molecule has 0 atom stereocenters. The molecule has 1 amide bonds. The maximum atomic E-state index is 12.0. The molecule has 12 heteroatoms. The van der Waals surface area contributed by atoms with Crippen LogP contribution in [0.15, 0.2) is 28.8 Å². The van der Waals surface area contributed by atoms with Crippen LogP contribution in [0.2, 0.25) is 5.02 Å². The Hall–Kier alpha value is -3.47. The smallest absolute Gasteiger partial charge is 0.314 e. The molecule has 0 aliphatic carbocycles. The van der Waals surface area contributed by atoms with Gasteiger partial charge in [-0.1, -0.05) is 16.8 Å². The predicted molar refractivity (Wildman–Crippen MR) is 97.0 cm³/mol. The van der Waals surface area contributed by atoms with Crippen LogP contribution in [0.25, 0.3) is 11.4 Å². The molecule has 0 fully saturated rings. The molecular formula is C16H17ClN6O5. The molecule has 0 saturated carbocycles. The molecule has 0 aliphatic rings. The Labute approximate surface area is 164 Å². The minimum absolute atomic E-state index is 0.0340. The number of benzene rings is 1. The largest absolute Gasteiger partial charge is 0.483 e. The van der Waals surface area contributed by atoms with Crippen LogP contribution in [0.5, 0.6) is 6.01 Å². The minimum Gasteiger partial charge on any atom is -0.483 e. The summed E-state index contributed by atoms with van der Waals surface area (Å²) in [6, 6.07) is 7.37. The second-order valence-electron chi connectivity index (χ2n) is 5.18. The van der Waals surface area contributed by atoms with Crippen molar-refractivity contribution in [3.8, 4) is 17.4 Å². The van der Waals surface area contributed by atoms with E-state index in [-0.39, 0.29) is 18.3 Å². The zero-order valence-corrected chi connectivity index (χ0v) is 15.8. The molecule has 2 aromatic heterocycles. The van der Waals surface area contributed by atoms with Crippen molar-refractivity contribution in [1.29, 1.82) is 0 Å². The van der Waals surface area contributed by atoms with Crippen LogP contribution in [0.3, 0.4) is 0 Å². The first kappa shape index (κ1) is 20.8. The summed E-state index contributed by atoms with van der Waals surface area (Å²) in [5.74, 6) is 0.508. The van der Waals surface area contributed by atoms with Gasteiger partial charge in [-0.2, -0.15) is 9.97 Å². The van der Waals surface area contributed by atoms with Crippen LogP contribution in [0, 0.1) is 0 Å². The van der Waals surface area contributed by atoms with Crippen molar-refractivity contribution in [3.63, 3.8) is 0 Å². The van der Waals surface area contributed by atoms with Gasteiger partial charge in [-0.05, 0) is 24.3 Å². The molecule has 1 aromatic carbocycles. The van der Waals surface area contributed by atoms with Crippen LogP contribution in [-0.2, 0) is 18.3 Å². The fourth-order valence-corrected chi connectivity index (χ4v) is 2.20. The number of carboxylic acid groups (broad SMARTS) is 1. The topological polar surface area (TPSA) is 145 Å². The Kier molecular flexibility index (Phi) is 7.45. The van der Waals surface area contributed by atoms with E-state index < -0.39 is 5.91 Å². The first-order valence-electron chi connectivity index (χ1n) is 7.88. The van der Waals surface area contributed by atoms with Gasteiger partial charge < -0.3 is 19.7 Å². The highest BCUT2D eigenvalue weighted by Crippen LogP contribution is 2.18. The van der Waals surface area contributed by atoms with E-state index in [2.05, 4.69) is 25.5 Å². The molecule has 28 heavy (non-hydrogen) atoms. The zero-order valence-electron chi connectivity index (χ0n) is 15.0. The van der Waals surface area contributed by atoms with Crippen LogP contribution in [0.1, 0.15) is 16.5 Å². The van der Waals surface area contributed by atoms with Gasteiger partial charge >= 0.3 is 6.01 Å². The second-order valence-corrected chi connectivity index (χ2v) is 5.61. The van der Waals surface area contributed by atoms with Crippen molar-refractivity contribution in [3.05, 3.63) is 41.0 Å². The average Bonchev–Trinajstić information content (AvgIpc) is 3.29. The van der Waals surface area contributed by atoms with E-state index in [0.29, 0.717) is 29.7 Å². The molecule has 3 aromatic rings. The van der Waals surface area contributed by atoms with E-state index in [1.54, 1.807) is 31.3 Å². The van der Waals surface area contributed by atoms with Crippen molar-refractivity contribution in [2.45, 2.75) is 6.42 Å². The van der Waals surface area contributed by atoms with Gasteiger partial charge in [-0.3, -0.25) is 9.59 Å². The summed E-state index contributed by atoms with van der Waals surface area (Å²) in [5, 5.41) is 18.1. The molecule has 11 nitrogen and oxygen atoms in total. The predicted octanol–water partition coefficient (Wildman–Crippen LogP) is 1.20. The number of rotatable bonds is 6. The SMILES string of the molecule is COc1nc(C(=O)NCCc2nc(-c3ccc(Cl)cc3)no2)nn1C.O=CO. The summed E-state index contributed by atoms with van der Waals surface area (Å²) >= 11 is 5.85. The van der Waals surface area contributed by atoms with Crippen LogP contribution in [-0.4, -0.2) is 56.0 Å². The number of amides is 1. The highest BCUT2D eigenvalue weighted by atomic mass is 35.5. The summed E-state index contributed by atoms with van der Waals surface area (Å²) in [6.07, 6.45) is 0.385. The maximum absolute atomic E-state index is 12.0. The zero-order chi connectivity index (χ0) is 20.5. The molecular weight excluding hydrogens is 392 g/mol. The van der Waals surface area contributed by atoms with Gasteiger partial charge in [0.2, 0.25) is 17.5 Å². The van der Waals surface area contributed by atoms with Crippen molar-refractivity contribution in [1.82, 2.24) is 30.2 Å². The number of hydrogen-bond acceptors (Lipinski definition) is 8. The molecule has 0 aliphatic heterocycles. The molecule has 148 valence electrons. The molecule has 2 heterocycles. The van der Waals surface area contributed by atoms with E-state index in [4.69, 9.17) is 30.8 Å². The van der Waals surface area contributed by atoms with Crippen molar-refractivity contribution >= 4 is 24.0 Å². The number of hydrogen-bond donors (Lipinski definition) is 2. The Morgan fingerprint density at radius 3 is 2.64 bits per heavy atom. The number of carbonyl (C=O) groups is 2. The van der Waals surface area contributed by atoms with Gasteiger partial charge in [0.15, 0.2) is 0 Å². The quantitative estimate of drug-likeness (QED) is 0.574. The average molecular weight is 409 g/mol. The minimum atomic E-state index is -0.406. The van der Waals surface area contributed by atoms with Gasteiger partial charge in [0.1, 0.15) is 0 Å². The lowest BCUT2D eigenvalue weighted by atomic mass is 10.2. The fourth-order valence-electron chi connectivity index (χ4n) is 2.08. The molecule has 0 unspecified atom stereocenters. The van der Waals surface area contributed by atoms with Gasteiger partial charge in [0.05, 0.1) is 7.11 Å². The number of aromatic nitrogens is 5. The first-order valence-corrected chi connectivity index (χ1v) is 8.25. The molecule has 2 N–H and O–H groups in total. The Bertz CT molecular complexity index is 924. The number of ether oxygens (including phenoxy) is 1. The third-order valence-electron chi connectivity index (χ3n) is 3.30. The molecule has 3 rings (SSSR count). The Balaban J connectivity index is 0.000000878. The summed E-state index contributed by atoms with van der Waals surface area (Å²) in [7, 11) is 3.10. The van der Waals surface area contributed by atoms with Crippen LogP contribution >= 0.6 is 11.6 Å². The lowest BCUT2D eigenvalue weighted by Crippen LogP contribution is -2.27. The van der Waals surface area contributed by atoms with Crippen LogP contribution in [0.4, 0.5) is 0 Å². The molecule has 0 spiro atoms. The molecule has 0 bridgehead atoms. The fraction of sp³-hybridized carbons (Fsp3) is 0.250. The monoisotopic (exact) mass is 408 g/mol. The summed E-state index contributed by atoms with van der Waals surface area (Å²) in [4.78, 5) is 28.6. The van der Waals surface area contributed by atoms with E-state index in [0.717, 1.165) is 5.56 Å². The number of methoxy groups -OCH3 is 1. The molecule has 0 saturated heterocycles. The lowest BCUT2D eigenvalue weighted by Gasteiger charge is -1.98. The Morgan fingerprint density at radius 1 is 1.36 bits per heavy atom. The summed E-state index contributed by atoms with van der Waals surface area (Å²) in [5.41, 5.74) is 0.799. The maximum Gasteiger partial charge on any atom is 0.314 e. The van der Waals surface area contributed by atoms with Crippen LogP contribution < -0.4 is 10.1 Å². The number of nitrogens with one attached hydrogen (secondary N) is 1. The molecule has 0 radical (unpaired) electrons. The van der Waals surface area contributed by atoms with Gasteiger partial charge in [-0.15, -0.1) is 5.10 Å². The van der Waals surface area contributed by atoms with E-state index in [9.17, 15) is 4.79 Å². The summed E-state index contributed by atoms with van der Waals surface area (Å²) < 4.78 is 11.5. The number of carbonyl (C=O) groups excluding carboxylic acids is 1. The van der Waals surface area contributed by atoms with Gasteiger partial charge in [0.25, 0.3) is 12.4 Å². The normalized spacial score (nSPS) is 9.96. The van der Waals surface area contributed by atoms with E-state index in [1.165, 1.54) is 11.8 Å². The van der Waals surface area contributed by atoms with E-state index >= 15 is 0 Å². The van der Waals surface area contributed by atoms with Crippen molar-refractivity contribution in [2.75, 3.05) is 13.7 Å². The number of halogens is 1. The number of nitrogens with zero attached hydrogens (tertiary/aromatic N) is 5. The summed E-state index contributed by atoms with van der Waals surface area (Å²) in [6.45, 7) is 0.0572. The van der Waals surface area contributed by atoms with Crippen molar-refractivity contribution < 1.29 is 24.0 Å². The third-order valence-corrected chi connectivity index (χ3v) is 3.56. The van der Waals surface area contributed by atoms with Gasteiger partial charge in [0, 0.05) is 30.6 Å².